The average molecular weight is 355 g/mol. The quantitative estimate of drug-likeness (QED) is 0.908. The number of nitrogens with one attached hydrogen (secondary N) is 1. The first-order valence-electron chi connectivity index (χ1n) is 8.67. The van der Waals surface area contributed by atoms with Crippen molar-refractivity contribution >= 4 is 11.8 Å². The summed E-state index contributed by atoms with van der Waals surface area (Å²) in [6, 6.07) is 9.23. The Kier molecular flexibility index (Phi) is 4.28. The highest BCUT2D eigenvalue weighted by Crippen LogP contribution is 2.33. The molecular formula is C19H21N3O4. The third-order valence-corrected chi connectivity index (χ3v) is 4.87. The second-order valence-electron chi connectivity index (χ2n) is 6.65. The molecule has 7 nitrogen and oxygen atoms in total. The van der Waals surface area contributed by atoms with Crippen LogP contribution in [0.15, 0.2) is 36.5 Å². The van der Waals surface area contributed by atoms with Crippen molar-refractivity contribution < 1.29 is 19.1 Å². The molecule has 0 spiro atoms. The Morgan fingerprint density at radius 3 is 2.88 bits per heavy atom. The van der Waals surface area contributed by atoms with E-state index in [1.807, 2.05) is 23.2 Å². The van der Waals surface area contributed by atoms with Gasteiger partial charge in [0.15, 0.2) is 11.5 Å². The van der Waals surface area contributed by atoms with Gasteiger partial charge in [-0.15, -0.1) is 0 Å². The lowest BCUT2D eigenvalue weighted by Gasteiger charge is -2.24. The molecule has 1 aromatic carbocycles. The zero-order chi connectivity index (χ0) is 18.1. The first kappa shape index (κ1) is 16.5. The molecule has 2 aliphatic heterocycles. The van der Waals surface area contributed by atoms with Crippen LogP contribution in [0.2, 0.25) is 0 Å². The molecule has 1 aromatic heterocycles. The summed E-state index contributed by atoms with van der Waals surface area (Å²) in [6.07, 6.45) is 2.39. The fourth-order valence-corrected chi connectivity index (χ4v) is 3.54. The van der Waals surface area contributed by atoms with Crippen LogP contribution in [0.1, 0.15) is 22.5 Å². The number of hydrogen-bond donors (Lipinski definition) is 1. The summed E-state index contributed by atoms with van der Waals surface area (Å²) in [4.78, 5) is 26.8. The summed E-state index contributed by atoms with van der Waals surface area (Å²) in [6.45, 7) is 1.95. The van der Waals surface area contributed by atoms with Crippen LogP contribution in [0.3, 0.4) is 0 Å². The topological polar surface area (TPSA) is 72.8 Å². The van der Waals surface area contributed by atoms with Gasteiger partial charge >= 0.3 is 0 Å². The van der Waals surface area contributed by atoms with Gasteiger partial charge in [0.25, 0.3) is 5.91 Å². The van der Waals surface area contributed by atoms with Gasteiger partial charge in [0, 0.05) is 49.9 Å². The minimum atomic E-state index is -0.0696. The van der Waals surface area contributed by atoms with Crippen molar-refractivity contribution in [3.8, 4) is 11.5 Å². The van der Waals surface area contributed by atoms with Crippen LogP contribution in [0.4, 0.5) is 0 Å². The lowest BCUT2D eigenvalue weighted by Crippen LogP contribution is -2.35. The maximum atomic E-state index is 13.1. The van der Waals surface area contributed by atoms with E-state index < -0.39 is 0 Å². The van der Waals surface area contributed by atoms with Crippen LogP contribution < -0.4 is 14.8 Å². The number of hydrogen-bond acceptors (Lipinski definition) is 4. The molecule has 2 aliphatic rings. The van der Waals surface area contributed by atoms with Crippen LogP contribution in [0, 0.1) is 5.92 Å². The van der Waals surface area contributed by atoms with E-state index in [2.05, 4.69) is 9.88 Å². The number of rotatable bonds is 3. The molecule has 4 rings (SSSR count). The number of aromatic nitrogens is 1. The maximum absolute atomic E-state index is 13.1. The maximum Gasteiger partial charge on any atom is 0.254 e. The predicted octanol–water partition coefficient (Wildman–Crippen LogP) is 1.63. The van der Waals surface area contributed by atoms with Crippen molar-refractivity contribution in [3.63, 3.8) is 0 Å². The van der Waals surface area contributed by atoms with Crippen LogP contribution in [-0.4, -0.2) is 41.7 Å². The molecule has 136 valence electrons. The minimum absolute atomic E-state index is 0.0129. The number of carbonyl (C=O) groups is 2. The van der Waals surface area contributed by atoms with Gasteiger partial charge in [-0.25, -0.2) is 0 Å². The summed E-state index contributed by atoms with van der Waals surface area (Å²) in [5, 5.41) is 2.67. The number of nitrogens with zero attached hydrogens (tertiary/aromatic N) is 2. The summed E-state index contributed by atoms with van der Waals surface area (Å²) in [5.41, 5.74) is 1.63. The first-order chi connectivity index (χ1) is 12.6. The summed E-state index contributed by atoms with van der Waals surface area (Å²) < 4.78 is 12.8. The number of fused-ring (bicyclic) bond motifs is 2. The van der Waals surface area contributed by atoms with E-state index in [0.29, 0.717) is 36.6 Å². The Balaban J connectivity index is 1.59. The molecule has 0 saturated carbocycles. The lowest BCUT2D eigenvalue weighted by atomic mass is 10.0. The summed E-state index contributed by atoms with van der Waals surface area (Å²) >= 11 is 0. The second kappa shape index (κ2) is 6.74. The van der Waals surface area contributed by atoms with Crippen LogP contribution in [-0.2, 0) is 17.9 Å². The minimum Gasteiger partial charge on any atom is -0.454 e. The van der Waals surface area contributed by atoms with Gasteiger partial charge in [-0.3, -0.25) is 9.59 Å². The van der Waals surface area contributed by atoms with Gasteiger partial charge in [-0.1, -0.05) is 0 Å². The molecule has 0 unspecified atom stereocenters. The van der Waals surface area contributed by atoms with E-state index in [1.54, 1.807) is 25.2 Å². The lowest BCUT2D eigenvalue weighted by molar-refractivity contribution is -0.121. The average Bonchev–Trinajstić information content (AvgIpc) is 3.25. The standard InChI is InChI=1S/C19H21N3O4/c1-20-18(23)7-13-9-21-6-2-3-15(21)11-22(10-13)19(24)14-4-5-16-17(8-14)26-12-25-16/h2-6,8,13H,7,9-12H2,1H3,(H,20,23)/t13-/m1/s1. The Morgan fingerprint density at radius 1 is 1.19 bits per heavy atom. The van der Waals surface area contributed by atoms with E-state index in [0.717, 1.165) is 12.2 Å². The fraction of sp³-hybridized carbons (Fsp3) is 0.368. The Hall–Kier alpha value is -2.96. The molecule has 0 radical (unpaired) electrons. The van der Waals surface area contributed by atoms with E-state index in [1.165, 1.54) is 0 Å². The van der Waals surface area contributed by atoms with E-state index in [9.17, 15) is 9.59 Å². The molecular weight excluding hydrogens is 334 g/mol. The highest BCUT2D eigenvalue weighted by Gasteiger charge is 2.27. The molecule has 7 heteroatoms. The second-order valence-corrected chi connectivity index (χ2v) is 6.65. The SMILES string of the molecule is CNC(=O)C[C@H]1CN(C(=O)c2ccc3c(c2)OCO3)Cc2cccn2C1. The molecule has 0 aliphatic carbocycles. The van der Waals surface area contributed by atoms with Gasteiger partial charge in [-0.05, 0) is 30.3 Å². The molecule has 26 heavy (non-hydrogen) atoms. The predicted molar refractivity (Wildman–Crippen MR) is 93.9 cm³/mol. The van der Waals surface area contributed by atoms with Gasteiger partial charge in [0.2, 0.25) is 12.7 Å². The van der Waals surface area contributed by atoms with Gasteiger partial charge < -0.3 is 24.3 Å². The van der Waals surface area contributed by atoms with Gasteiger partial charge in [0.05, 0.1) is 6.54 Å². The molecule has 0 saturated heterocycles. The van der Waals surface area contributed by atoms with E-state index in [4.69, 9.17) is 9.47 Å². The molecule has 2 amide bonds. The molecule has 1 N–H and O–H groups in total. The van der Waals surface area contributed by atoms with Crippen molar-refractivity contribution in [2.24, 2.45) is 5.92 Å². The van der Waals surface area contributed by atoms with Gasteiger partial charge in [0.1, 0.15) is 0 Å². The van der Waals surface area contributed by atoms with Crippen LogP contribution in [0.5, 0.6) is 11.5 Å². The third-order valence-electron chi connectivity index (χ3n) is 4.87. The van der Waals surface area contributed by atoms with E-state index >= 15 is 0 Å². The van der Waals surface area contributed by atoms with Crippen molar-refractivity contribution in [3.05, 3.63) is 47.8 Å². The summed E-state index contributed by atoms with van der Waals surface area (Å²) in [5.74, 6) is 1.22. The molecule has 2 aromatic rings. The van der Waals surface area contributed by atoms with Gasteiger partial charge in [-0.2, -0.15) is 0 Å². The summed E-state index contributed by atoms with van der Waals surface area (Å²) in [7, 11) is 1.63. The molecule has 0 bridgehead atoms. The molecule has 3 heterocycles. The number of benzene rings is 1. The largest absolute Gasteiger partial charge is 0.454 e. The van der Waals surface area contributed by atoms with Crippen molar-refractivity contribution in [1.82, 2.24) is 14.8 Å². The van der Waals surface area contributed by atoms with Crippen LogP contribution >= 0.6 is 0 Å². The normalized spacial score (nSPS) is 18.2. The zero-order valence-corrected chi connectivity index (χ0v) is 14.6. The fourth-order valence-electron chi connectivity index (χ4n) is 3.54. The molecule has 0 fully saturated rings. The smallest absolute Gasteiger partial charge is 0.254 e. The molecule has 1 atom stereocenters. The Morgan fingerprint density at radius 2 is 2.04 bits per heavy atom. The Labute approximate surface area is 151 Å². The highest BCUT2D eigenvalue weighted by atomic mass is 16.7. The van der Waals surface area contributed by atoms with Crippen molar-refractivity contribution in [1.29, 1.82) is 0 Å². The zero-order valence-electron chi connectivity index (χ0n) is 14.6. The third kappa shape index (κ3) is 3.12. The highest BCUT2D eigenvalue weighted by molar-refractivity contribution is 5.95. The van der Waals surface area contributed by atoms with Crippen molar-refractivity contribution in [2.75, 3.05) is 20.4 Å². The van der Waals surface area contributed by atoms with E-state index in [-0.39, 0.29) is 24.5 Å². The number of amides is 2. The Bertz CT molecular complexity index is 845. The first-order valence-corrected chi connectivity index (χ1v) is 8.67. The number of carbonyl (C=O) groups excluding carboxylic acids is 2. The van der Waals surface area contributed by atoms with Crippen LogP contribution in [0.25, 0.3) is 0 Å². The van der Waals surface area contributed by atoms with Crippen molar-refractivity contribution in [2.45, 2.75) is 19.5 Å². The number of ether oxygens (including phenoxy) is 2. The monoisotopic (exact) mass is 355 g/mol.